The maximum absolute atomic E-state index is 15.1. The zero-order chi connectivity index (χ0) is 56.3. The number of carbonyl (C=O) groups excluding carboxylic acids is 4. The van der Waals surface area contributed by atoms with Gasteiger partial charge in [0.05, 0.1) is 29.4 Å². The third kappa shape index (κ3) is 9.72. The van der Waals surface area contributed by atoms with Gasteiger partial charge in [0.1, 0.15) is 48.7 Å². The number of carbonyl (C=O) groups is 4. The summed E-state index contributed by atoms with van der Waals surface area (Å²) in [5.41, 5.74) is 4.03. The average molecular weight is 1100 g/mol. The van der Waals surface area contributed by atoms with E-state index in [0.717, 1.165) is 66.0 Å². The van der Waals surface area contributed by atoms with Crippen molar-refractivity contribution in [2.24, 2.45) is 10.8 Å². The molecular formula is C60H71N13O8. The van der Waals surface area contributed by atoms with E-state index in [-0.39, 0.29) is 77.8 Å². The number of nitrogens with zero attached hydrogens (tertiary/aromatic N) is 11. The van der Waals surface area contributed by atoms with Crippen LogP contribution in [0.3, 0.4) is 0 Å². The van der Waals surface area contributed by atoms with E-state index in [2.05, 4.69) is 69.8 Å². The van der Waals surface area contributed by atoms with E-state index in [1.54, 1.807) is 9.80 Å². The fourth-order valence-electron chi connectivity index (χ4n) is 14.1. The number of Topliss-reactive ketones (excluding diaryl/α,β-unsaturated/α-hetero) is 2. The molecule has 2 aromatic carbocycles. The molecular weight excluding hydrogens is 1030 g/mol. The molecule has 4 aromatic rings. The molecule has 21 nitrogen and oxygen atoms in total. The number of nitriles is 1. The Hall–Kier alpha value is -7.51. The molecule has 4 N–H and O–H groups in total. The number of fused-ring (bicyclic) bond motifs is 4. The van der Waals surface area contributed by atoms with E-state index < -0.39 is 29.3 Å². The number of ether oxygens (including phenoxy) is 2. The largest absolute Gasteiger partial charge is 0.462 e. The van der Waals surface area contributed by atoms with E-state index in [4.69, 9.17) is 29.4 Å². The molecule has 8 heterocycles. The fourth-order valence-corrected chi connectivity index (χ4v) is 14.1. The van der Waals surface area contributed by atoms with E-state index >= 15 is 4.79 Å². The lowest BCUT2D eigenvalue weighted by Crippen LogP contribution is -2.56. The number of ketones is 2. The number of hydrogen-bond donors (Lipinski definition) is 4. The maximum Gasteiger partial charge on any atom is 0.319 e. The zero-order valence-electron chi connectivity index (χ0n) is 46.2. The first-order valence-corrected chi connectivity index (χ1v) is 28.6. The average Bonchev–Trinajstić information content (AvgIpc) is 4.19. The predicted octanol–water partition coefficient (Wildman–Crippen LogP) is 3.76. The van der Waals surface area contributed by atoms with Gasteiger partial charge in [-0.25, -0.2) is 0 Å². The second kappa shape index (κ2) is 21.8. The van der Waals surface area contributed by atoms with Crippen LogP contribution in [0.15, 0.2) is 67.8 Å². The van der Waals surface area contributed by atoms with Gasteiger partial charge >= 0.3 is 12.0 Å². The Bertz CT molecular complexity index is 3230. The van der Waals surface area contributed by atoms with Gasteiger partial charge in [-0.2, -0.15) is 25.2 Å². The molecule has 81 heavy (non-hydrogen) atoms. The first-order valence-electron chi connectivity index (χ1n) is 28.6. The van der Waals surface area contributed by atoms with Crippen molar-refractivity contribution in [3.8, 4) is 18.1 Å². The standard InChI is InChI=1S/C60H71N13O8/c1-5-47(74)70-22-24-71(25-23-70)53-43-15-18-60(51(76)49(43)64-57(66-53)80-34-41-11-9-21-68(41)3)31-38-14-13-36(29-46(38)63-56(60)79)39-28-42(69(4)32-39)35-81-58-65-50-44(54(67-58)72-26-27-73(48(75)6-2)40(33-72)17-20-61)16-19-59(52(50)77)30-37-10-7-8-12-45(37)62-55(59)78/h5-8,10,12-14,29,39-42,55-56,62-63,78-79H,1-2,9,11,15-19,21-28,30-35H2,3-4H3/t39?,40-,41-,42-,55?,56?,59?,60?/m0/s1. The molecule has 21 heteroatoms. The van der Waals surface area contributed by atoms with Crippen molar-refractivity contribution in [3.63, 3.8) is 0 Å². The van der Waals surface area contributed by atoms with Gasteiger partial charge in [0, 0.05) is 86.9 Å². The zero-order valence-corrected chi connectivity index (χ0v) is 46.2. The molecule has 4 fully saturated rings. The van der Waals surface area contributed by atoms with Crippen molar-refractivity contribution in [1.82, 2.24) is 39.5 Å². The van der Waals surface area contributed by atoms with E-state index in [9.17, 15) is 29.9 Å². The van der Waals surface area contributed by atoms with Crippen LogP contribution >= 0.6 is 0 Å². The molecule has 5 unspecified atom stereocenters. The highest BCUT2D eigenvalue weighted by atomic mass is 16.5. The molecule has 424 valence electrons. The number of likely N-dealkylation sites (tertiary alicyclic amines) is 2. The van der Waals surface area contributed by atoms with Gasteiger partial charge in [0.2, 0.25) is 11.8 Å². The molecule has 2 spiro atoms. The van der Waals surface area contributed by atoms with Crippen LogP contribution in [-0.2, 0) is 35.3 Å². The molecule has 0 saturated carbocycles. The van der Waals surface area contributed by atoms with Crippen LogP contribution in [-0.4, -0.2) is 190 Å². The number of aromatic nitrogens is 4. The summed E-state index contributed by atoms with van der Waals surface area (Å²) >= 11 is 0. The number of rotatable bonds is 12. The van der Waals surface area contributed by atoms with Gasteiger partial charge in [-0.1, -0.05) is 43.5 Å². The van der Waals surface area contributed by atoms with Gasteiger partial charge in [0.15, 0.2) is 11.6 Å². The Labute approximate surface area is 471 Å². The highest BCUT2D eigenvalue weighted by molar-refractivity contribution is 6.04. The molecule has 0 bridgehead atoms. The normalized spacial score (nSPS) is 28.1. The fraction of sp³-hybridized carbons (Fsp3) is 0.517. The lowest BCUT2D eigenvalue weighted by atomic mass is 9.65. The van der Waals surface area contributed by atoms with Crippen LogP contribution in [0.5, 0.6) is 12.0 Å². The number of anilines is 4. The Morgan fingerprint density at radius 3 is 1.96 bits per heavy atom. The summed E-state index contributed by atoms with van der Waals surface area (Å²) < 4.78 is 12.8. The minimum atomic E-state index is -1.19. The van der Waals surface area contributed by atoms with Gasteiger partial charge in [0.25, 0.3) is 0 Å². The summed E-state index contributed by atoms with van der Waals surface area (Å²) in [6.45, 7) is 12.7. The molecule has 6 aliphatic heterocycles. The number of nitrogens with one attached hydrogen (secondary N) is 2. The highest BCUT2D eigenvalue weighted by Crippen LogP contribution is 2.49. The smallest absolute Gasteiger partial charge is 0.319 e. The molecule has 12 rings (SSSR count). The van der Waals surface area contributed by atoms with E-state index in [0.29, 0.717) is 108 Å². The lowest BCUT2D eigenvalue weighted by Gasteiger charge is -2.45. The van der Waals surface area contributed by atoms with Crippen LogP contribution in [0.1, 0.15) is 93.2 Å². The van der Waals surface area contributed by atoms with E-state index in [1.807, 2.05) is 36.2 Å². The number of aliphatic hydroxyl groups excluding tert-OH is 2. The van der Waals surface area contributed by atoms with Crippen molar-refractivity contribution < 1.29 is 38.9 Å². The topological polar surface area (TPSA) is 246 Å². The summed E-state index contributed by atoms with van der Waals surface area (Å²) in [6, 6.07) is 16.1. The van der Waals surface area contributed by atoms with Gasteiger partial charge in [-0.3, -0.25) is 24.1 Å². The molecule has 2 aliphatic carbocycles. The first-order chi connectivity index (χ1) is 39.2. The molecule has 0 radical (unpaired) electrons. The number of aliphatic hydroxyl groups is 2. The molecule has 2 aromatic heterocycles. The molecule has 4 saturated heterocycles. The van der Waals surface area contributed by atoms with Crippen molar-refractivity contribution in [1.29, 1.82) is 5.26 Å². The van der Waals surface area contributed by atoms with Crippen molar-refractivity contribution in [2.75, 3.05) is 107 Å². The van der Waals surface area contributed by atoms with Crippen LogP contribution in [0.4, 0.5) is 23.0 Å². The SMILES string of the molecule is C=CC(=O)N1CCN(c2nc(OC[C@@H]3CCCN3C)nc3c2CCC2(Cc4ccc(C5C[C@@H](COc6nc7c(c(N8CCN(C(=O)C=C)[C@@H](CC#N)C8)n6)CCC6(Cc8ccccc8NC6O)C7=O)N(C)C5)cc4NC2O)C3=O)CC1. The van der Waals surface area contributed by atoms with Crippen LogP contribution in [0.2, 0.25) is 0 Å². The number of piperazine rings is 2. The van der Waals surface area contributed by atoms with Crippen molar-refractivity contribution in [3.05, 3.63) is 107 Å². The van der Waals surface area contributed by atoms with Crippen LogP contribution in [0, 0.1) is 22.2 Å². The maximum atomic E-state index is 15.1. The third-order valence-electron chi connectivity index (χ3n) is 19.0. The summed E-state index contributed by atoms with van der Waals surface area (Å²) in [6.07, 6.45) is 5.45. The van der Waals surface area contributed by atoms with E-state index in [1.165, 1.54) is 12.2 Å². The van der Waals surface area contributed by atoms with Crippen molar-refractivity contribution >= 4 is 46.4 Å². The summed E-state index contributed by atoms with van der Waals surface area (Å²) in [4.78, 5) is 87.1. The number of benzene rings is 2. The van der Waals surface area contributed by atoms with Gasteiger partial charge in [-0.15, -0.1) is 0 Å². The third-order valence-corrected chi connectivity index (χ3v) is 19.0. The summed E-state index contributed by atoms with van der Waals surface area (Å²) in [5.74, 6) is 0.363. The first kappa shape index (κ1) is 54.1. The summed E-state index contributed by atoms with van der Waals surface area (Å²) in [7, 11) is 4.13. The monoisotopic (exact) mass is 1100 g/mol. The van der Waals surface area contributed by atoms with Gasteiger partial charge < -0.3 is 54.8 Å². The Kier molecular flexibility index (Phi) is 14.5. The Balaban J connectivity index is 0.768. The van der Waals surface area contributed by atoms with Crippen LogP contribution < -0.4 is 29.9 Å². The molecule has 8 aliphatic rings. The number of amides is 2. The highest BCUT2D eigenvalue weighted by Gasteiger charge is 2.54. The Morgan fingerprint density at radius 2 is 1.33 bits per heavy atom. The second-order valence-corrected chi connectivity index (χ2v) is 23.4. The number of hydrogen-bond acceptors (Lipinski definition) is 19. The quantitative estimate of drug-likeness (QED) is 0.148. The molecule has 2 amide bonds. The Morgan fingerprint density at radius 1 is 0.728 bits per heavy atom. The van der Waals surface area contributed by atoms with Crippen LogP contribution in [0.25, 0.3) is 0 Å². The van der Waals surface area contributed by atoms with Crippen molar-refractivity contribution in [2.45, 2.75) is 101 Å². The predicted molar refractivity (Wildman–Crippen MR) is 301 cm³/mol. The number of para-hydroxylation sites is 1. The minimum absolute atomic E-state index is 0.0370. The number of likely N-dealkylation sites (N-methyl/N-ethyl adjacent to an activating group) is 2. The van der Waals surface area contributed by atoms with Gasteiger partial charge in [-0.05, 0) is 125 Å². The lowest BCUT2D eigenvalue weighted by molar-refractivity contribution is -0.128. The summed E-state index contributed by atoms with van der Waals surface area (Å²) in [5, 5.41) is 40.1. The minimum Gasteiger partial charge on any atom is -0.462 e. The molecule has 8 atom stereocenters. The second-order valence-electron chi connectivity index (χ2n) is 23.4.